The minimum absolute atomic E-state index is 0.114. The normalized spacial score (nSPS) is 10.5. The van der Waals surface area contributed by atoms with Crippen molar-refractivity contribution >= 4 is 28.6 Å². The molecule has 0 aliphatic rings. The highest BCUT2D eigenvalue weighted by atomic mass is 16.5. The summed E-state index contributed by atoms with van der Waals surface area (Å²) in [6.07, 6.45) is 0. The monoisotopic (exact) mass is 354 g/mol. The van der Waals surface area contributed by atoms with Gasteiger partial charge >= 0.3 is 5.97 Å². The Morgan fingerprint density at radius 2 is 1.88 bits per heavy atom. The highest BCUT2D eigenvalue weighted by Crippen LogP contribution is 2.15. The summed E-state index contributed by atoms with van der Waals surface area (Å²) in [5.74, 6) is -0.273. The molecule has 0 aliphatic heterocycles. The van der Waals surface area contributed by atoms with Gasteiger partial charge in [0.1, 0.15) is 17.8 Å². The molecule has 0 unspecified atom stereocenters. The van der Waals surface area contributed by atoms with E-state index in [0.29, 0.717) is 17.8 Å². The second kappa shape index (κ2) is 8.11. The molecule has 26 heavy (non-hydrogen) atoms. The number of fused-ring (bicyclic) bond motifs is 1. The van der Waals surface area contributed by atoms with E-state index in [0.717, 1.165) is 11.3 Å². The van der Waals surface area contributed by atoms with Crippen LogP contribution in [0.1, 0.15) is 6.92 Å². The molecule has 1 amide bonds. The topological polar surface area (TPSA) is 95.3 Å². The van der Waals surface area contributed by atoms with Crippen LogP contribution in [0.5, 0.6) is 5.75 Å². The summed E-state index contributed by atoms with van der Waals surface area (Å²) in [6.45, 7) is 1.98. The molecule has 0 spiro atoms. The van der Waals surface area contributed by atoms with Crippen molar-refractivity contribution in [3.8, 4) is 5.75 Å². The Morgan fingerprint density at radius 3 is 2.65 bits per heavy atom. The van der Waals surface area contributed by atoms with E-state index in [9.17, 15) is 9.59 Å². The number of para-hydroxylation sites is 1. The summed E-state index contributed by atoms with van der Waals surface area (Å²) in [7, 11) is 0. The molecule has 1 heterocycles. The van der Waals surface area contributed by atoms with Gasteiger partial charge in [-0.2, -0.15) is 0 Å². The maximum Gasteiger partial charge on any atom is 0.328 e. The largest absolute Gasteiger partial charge is 0.494 e. The molecule has 1 N–H and O–H groups in total. The third-order valence-corrected chi connectivity index (χ3v) is 3.51. The second-order valence-corrected chi connectivity index (χ2v) is 5.40. The minimum atomic E-state index is -0.567. The van der Waals surface area contributed by atoms with Gasteiger partial charge in [-0.25, -0.2) is 4.68 Å². The van der Waals surface area contributed by atoms with Crippen molar-refractivity contribution in [1.82, 2.24) is 15.0 Å². The lowest BCUT2D eigenvalue weighted by molar-refractivity contribution is -0.148. The Kier molecular flexibility index (Phi) is 5.43. The maximum atomic E-state index is 11.9. The van der Waals surface area contributed by atoms with Gasteiger partial charge in [-0.3, -0.25) is 9.59 Å². The fourth-order valence-electron chi connectivity index (χ4n) is 2.35. The van der Waals surface area contributed by atoms with E-state index in [2.05, 4.69) is 15.6 Å². The Labute approximate surface area is 149 Å². The smallest absolute Gasteiger partial charge is 0.328 e. The molecule has 0 aliphatic carbocycles. The van der Waals surface area contributed by atoms with E-state index in [1.54, 1.807) is 36.4 Å². The summed E-state index contributed by atoms with van der Waals surface area (Å²) in [6, 6.07) is 14.2. The van der Waals surface area contributed by atoms with Gasteiger partial charge in [-0.1, -0.05) is 17.3 Å². The molecular weight excluding hydrogens is 336 g/mol. The van der Waals surface area contributed by atoms with E-state index in [1.165, 1.54) is 4.68 Å². The van der Waals surface area contributed by atoms with Gasteiger partial charge in [0.25, 0.3) is 5.91 Å². The van der Waals surface area contributed by atoms with Crippen molar-refractivity contribution in [2.45, 2.75) is 13.5 Å². The standard InChI is InChI=1S/C18H18N4O4/c1-2-25-14-9-7-13(8-10-14)19-17(23)12-26-18(24)11-22-16-6-4-3-5-15(16)20-21-22/h3-10H,2,11-12H2,1H3,(H,19,23). The fourth-order valence-corrected chi connectivity index (χ4v) is 2.35. The number of carbonyl (C=O) groups excluding carboxylic acids is 2. The van der Waals surface area contributed by atoms with Gasteiger partial charge in [0, 0.05) is 5.69 Å². The molecule has 0 bridgehead atoms. The van der Waals surface area contributed by atoms with Crippen LogP contribution < -0.4 is 10.1 Å². The predicted octanol–water partition coefficient (Wildman–Crippen LogP) is 2.01. The second-order valence-electron chi connectivity index (χ2n) is 5.40. The third-order valence-electron chi connectivity index (χ3n) is 3.51. The molecule has 0 radical (unpaired) electrons. The minimum Gasteiger partial charge on any atom is -0.494 e. The first-order chi connectivity index (χ1) is 12.7. The molecule has 134 valence electrons. The van der Waals surface area contributed by atoms with E-state index in [1.807, 2.05) is 19.1 Å². The number of carbonyl (C=O) groups is 2. The zero-order valence-corrected chi connectivity index (χ0v) is 14.2. The maximum absolute atomic E-state index is 11.9. The fraction of sp³-hybridized carbons (Fsp3) is 0.222. The number of anilines is 1. The number of hydrogen-bond donors (Lipinski definition) is 1. The van der Waals surface area contributed by atoms with Crippen molar-refractivity contribution in [3.05, 3.63) is 48.5 Å². The van der Waals surface area contributed by atoms with Crippen LogP contribution in [-0.2, 0) is 20.9 Å². The summed E-state index contributed by atoms with van der Waals surface area (Å²) >= 11 is 0. The van der Waals surface area contributed by atoms with E-state index < -0.39 is 11.9 Å². The lowest BCUT2D eigenvalue weighted by atomic mass is 10.3. The number of esters is 1. The third kappa shape index (κ3) is 4.35. The number of amides is 1. The van der Waals surface area contributed by atoms with E-state index >= 15 is 0 Å². The number of aromatic nitrogens is 3. The van der Waals surface area contributed by atoms with Crippen molar-refractivity contribution in [2.75, 3.05) is 18.5 Å². The number of nitrogens with zero attached hydrogens (tertiary/aromatic N) is 3. The average Bonchev–Trinajstić information content (AvgIpc) is 3.05. The van der Waals surface area contributed by atoms with Crippen LogP contribution in [0.25, 0.3) is 11.0 Å². The van der Waals surface area contributed by atoms with Crippen molar-refractivity contribution in [1.29, 1.82) is 0 Å². The highest BCUT2D eigenvalue weighted by molar-refractivity contribution is 5.92. The highest BCUT2D eigenvalue weighted by Gasteiger charge is 2.12. The lowest BCUT2D eigenvalue weighted by Crippen LogP contribution is -2.23. The van der Waals surface area contributed by atoms with Gasteiger partial charge < -0.3 is 14.8 Å². The molecule has 8 heteroatoms. The summed E-state index contributed by atoms with van der Waals surface area (Å²) in [5, 5.41) is 10.5. The Bertz CT molecular complexity index is 905. The van der Waals surface area contributed by atoms with E-state index in [4.69, 9.17) is 9.47 Å². The Hall–Kier alpha value is -3.42. The van der Waals surface area contributed by atoms with Crippen molar-refractivity contribution < 1.29 is 19.1 Å². The van der Waals surface area contributed by atoms with Gasteiger partial charge in [-0.15, -0.1) is 5.10 Å². The first-order valence-electron chi connectivity index (χ1n) is 8.12. The van der Waals surface area contributed by atoms with Crippen LogP contribution in [0.3, 0.4) is 0 Å². The van der Waals surface area contributed by atoms with Crippen LogP contribution in [0.15, 0.2) is 48.5 Å². The van der Waals surface area contributed by atoms with Crippen LogP contribution in [0, 0.1) is 0 Å². The van der Waals surface area contributed by atoms with Gasteiger partial charge in [0.05, 0.1) is 12.1 Å². The lowest BCUT2D eigenvalue weighted by Gasteiger charge is -2.08. The van der Waals surface area contributed by atoms with Crippen molar-refractivity contribution in [2.24, 2.45) is 0 Å². The summed E-state index contributed by atoms with van der Waals surface area (Å²) in [4.78, 5) is 23.8. The predicted molar refractivity (Wildman–Crippen MR) is 94.7 cm³/mol. The molecule has 0 saturated carbocycles. The molecule has 8 nitrogen and oxygen atoms in total. The molecule has 0 fully saturated rings. The SMILES string of the molecule is CCOc1ccc(NC(=O)COC(=O)Cn2nnc3ccccc32)cc1. The van der Waals surface area contributed by atoms with Crippen molar-refractivity contribution in [3.63, 3.8) is 0 Å². The molecule has 2 aromatic carbocycles. The Balaban J connectivity index is 1.48. The molecule has 0 saturated heterocycles. The molecular formula is C18H18N4O4. The number of ether oxygens (including phenoxy) is 2. The number of benzene rings is 2. The zero-order valence-electron chi connectivity index (χ0n) is 14.2. The molecule has 0 atom stereocenters. The van der Waals surface area contributed by atoms with Gasteiger partial charge in [0.2, 0.25) is 0 Å². The number of nitrogens with one attached hydrogen (secondary N) is 1. The number of rotatable bonds is 7. The van der Waals surface area contributed by atoms with E-state index in [-0.39, 0.29) is 13.2 Å². The summed E-state index contributed by atoms with van der Waals surface area (Å²) in [5.41, 5.74) is 2.01. The van der Waals surface area contributed by atoms with Crippen LogP contribution in [-0.4, -0.2) is 40.1 Å². The first-order valence-corrected chi connectivity index (χ1v) is 8.12. The van der Waals surface area contributed by atoms with Crippen LogP contribution in [0.2, 0.25) is 0 Å². The Morgan fingerprint density at radius 1 is 1.12 bits per heavy atom. The van der Waals surface area contributed by atoms with Crippen LogP contribution >= 0.6 is 0 Å². The average molecular weight is 354 g/mol. The quantitative estimate of drug-likeness (QED) is 0.652. The molecule has 3 rings (SSSR count). The summed E-state index contributed by atoms with van der Waals surface area (Å²) < 4.78 is 11.8. The first kappa shape index (κ1) is 17.4. The van der Waals surface area contributed by atoms with Gasteiger partial charge in [0.15, 0.2) is 6.61 Å². The number of hydrogen-bond acceptors (Lipinski definition) is 6. The van der Waals surface area contributed by atoms with Gasteiger partial charge in [-0.05, 0) is 43.3 Å². The van der Waals surface area contributed by atoms with Crippen LogP contribution in [0.4, 0.5) is 5.69 Å². The molecule has 1 aromatic heterocycles. The zero-order chi connectivity index (χ0) is 18.4. The molecule has 3 aromatic rings.